The summed E-state index contributed by atoms with van der Waals surface area (Å²) in [5.41, 5.74) is 1.32. The van der Waals surface area contributed by atoms with Gasteiger partial charge in [0, 0.05) is 10.6 Å². The Kier molecular flexibility index (Phi) is 3.10. The van der Waals surface area contributed by atoms with E-state index in [9.17, 15) is 4.57 Å². The van der Waals surface area contributed by atoms with Gasteiger partial charge in [0.2, 0.25) is 0 Å². The molecule has 1 aliphatic carbocycles. The van der Waals surface area contributed by atoms with Gasteiger partial charge in [-0.1, -0.05) is 40.2 Å². The van der Waals surface area contributed by atoms with Crippen molar-refractivity contribution in [2.75, 3.05) is 18.7 Å². The molecule has 1 aromatic carbocycles. The highest BCUT2D eigenvalue weighted by Gasteiger charge is 2.39. The predicted octanol–water partition coefficient (Wildman–Crippen LogP) is 3.43. The SMILES string of the molecule is CP(C)(=O)c1ccccc1C1CC1CBr. The van der Waals surface area contributed by atoms with E-state index < -0.39 is 7.14 Å². The largest absolute Gasteiger partial charge is 0.319 e. The fourth-order valence-corrected chi connectivity index (χ4v) is 4.11. The van der Waals surface area contributed by atoms with Gasteiger partial charge in [-0.2, -0.15) is 0 Å². The van der Waals surface area contributed by atoms with Crippen LogP contribution in [-0.2, 0) is 4.57 Å². The highest BCUT2D eigenvalue weighted by atomic mass is 79.9. The van der Waals surface area contributed by atoms with Crippen LogP contribution in [0.1, 0.15) is 17.9 Å². The maximum atomic E-state index is 12.2. The second-order valence-electron chi connectivity index (χ2n) is 4.67. The Hall–Kier alpha value is -0.0700. The van der Waals surface area contributed by atoms with Gasteiger partial charge in [0.25, 0.3) is 0 Å². The summed E-state index contributed by atoms with van der Waals surface area (Å²) in [6, 6.07) is 8.21. The minimum absolute atomic E-state index is 0.633. The van der Waals surface area contributed by atoms with Crippen molar-refractivity contribution in [3.05, 3.63) is 29.8 Å². The summed E-state index contributed by atoms with van der Waals surface area (Å²) in [7, 11) is -2.12. The van der Waals surface area contributed by atoms with Crippen LogP contribution in [0, 0.1) is 5.92 Å². The molecular formula is C12H16BrOP. The average molecular weight is 287 g/mol. The molecule has 0 saturated heterocycles. The third-order valence-electron chi connectivity index (χ3n) is 3.04. The van der Waals surface area contributed by atoms with Gasteiger partial charge in [-0.15, -0.1) is 0 Å². The number of halogens is 1. The molecule has 2 rings (SSSR count). The molecule has 1 saturated carbocycles. The van der Waals surface area contributed by atoms with Crippen molar-refractivity contribution in [2.45, 2.75) is 12.3 Å². The first-order chi connectivity index (χ1) is 7.04. The molecule has 0 radical (unpaired) electrons. The smallest absolute Gasteiger partial charge is 0.110 e. The summed E-state index contributed by atoms with van der Waals surface area (Å²) in [4.78, 5) is 0. The lowest BCUT2D eigenvalue weighted by atomic mass is 10.1. The lowest BCUT2D eigenvalue weighted by molar-refractivity contribution is 0.588. The Morgan fingerprint density at radius 3 is 2.60 bits per heavy atom. The Morgan fingerprint density at radius 2 is 2.07 bits per heavy atom. The van der Waals surface area contributed by atoms with Crippen LogP contribution in [0.25, 0.3) is 0 Å². The summed E-state index contributed by atoms with van der Waals surface area (Å²) in [6.07, 6.45) is 1.24. The maximum Gasteiger partial charge on any atom is 0.110 e. The lowest BCUT2D eigenvalue weighted by Crippen LogP contribution is -2.09. The fourth-order valence-electron chi connectivity index (χ4n) is 2.09. The number of rotatable bonds is 3. The second-order valence-corrected chi connectivity index (χ2v) is 8.50. The van der Waals surface area contributed by atoms with Gasteiger partial charge in [-0.05, 0) is 37.1 Å². The molecule has 1 nitrogen and oxygen atoms in total. The molecule has 0 aromatic heterocycles. The van der Waals surface area contributed by atoms with Crippen LogP contribution in [0.2, 0.25) is 0 Å². The Bertz CT molecular complexity index is 410. The van der Waals surface area contributed by atoms with Gasteiger partial charge >= 0.3 is 0 Å². The van der Waals surface area contributed by atoms with Crippen molar-refractivity contribution in [3.63, 3.8) is 0 Å². The molecule has 0 N–H and O–H groups in total. The van der Waals surface area contributed by atoms with E-state index in [4.69, 9.17) is 0 Å². The summed E-state index contributed by atoms with van der Waals surface area (Å²) >= 11 is 3.52. The van der Waals surface area contributed by atoms with Crippen LogP contribution in [0.5, 0.6) is 0 Å². The molecule has 3 heteroatoms. The normalized spacial score (nSPS) is 25.3. The van der Waals surface area contributed by atoms with Crippen molar-refractivity contribution < 1.29 is 4.57 Å². The van der Waals surface area contributed by atoms with Crippen LogP contribution < -0.4 is 5.30 Å². The first-order valence-corrected chi connectivity index (χ1v) is 8.96. The molecule has 0 heterocycles. The monoisotopic (exact) mass is 286 g/mol. The molecule has 1 aliphatic rings. The van der Waals surface area contributed by atoms with Gasteiger partial charge < -0.3 is 4.57 Å². The van der Waals surface area contributed by atoms with E-state index in [2.05, 4.69) is 28.1 Å². The Morgan fingerprint density at radius 1 is 1.40 bits per heavy atom. The minimum Gasteiger partial charge on any atom is -0.319 e. The fraction of sp³-hybridized carbons (Fsp3) is 0.500. The van der Waals surface area contributed by atoms with E-state index in [0.29, 0.717) is 5.92 Å². The number of benzene rings is 1. The van der Waals surface area contributed by atoms with E-state index in [1.807, 2.05) is 25.5 Å². The van der Waals surface area contributed by atoms with Crippen molar-refractivity contribution in [1.82, 2.24) is 0 Å². The number of hydrogen-bond donors (Lipinski definition) is 0. The van der Waals surface area contributed by atoms with E-state index in [1.165, 1.54) is 12.0 Å². The summed E-state index contributed by atoms with van der Waals surface area (Å²) in [6.45, 7) is 3.72. The van der Waals surface area contributed by atoms with Crippen LogP contribution in [0.3, 0.4) is 0 Å². The molecule has 0 spiro atoms. The molecule has 0 amide bonds. The van der Waals surface area contributed by atoms with Crippen molar-refractivity contribution in [2.24, 2.45) is 5.92 Å². The summed E-state index contributed by atoms with van der Waals surface area (Å²) < 4.78 is 12.2. The van der Waals surface area contributed by atoms with Crippen LogP contribution >= 0.6 is 23.1 Å². The molecule has 2 atom stereocenters. The van der Waals surface area contributed by atoms with E-state index >= 15 is 0 Å². The predicted molar refractivity (Wildman–Crippen MR) is 70.2 cm³/mol. The number of alkyl halides is 1. The zero-order chi connectivity index (χ0) is 11.1. The van der Waals surface area contributed by atoms with Gasteiger partial charge in [0.05, 0.1) is 0 Å². The first-order valence-electron chi connectivity index (χ1n) is 5.24. The molecular weight excluding hydrogens is 271 g/mol. The lowest BCUT2D eigenvalue weighted by Gasteiger charge is -2.12. The Labute approximate surface area is 99.8 Å². The van der Waals surface area contributed by atoms with Gasteiger partial charge in [-0.3, -0.25) is 0 Å². The van der Waals surface area contributed by atoms with Crippen molar-refractivity contribution in [3.8, 4) is 0 Å². The van der Waals surface area contributed by atoms with E-state index in [-0.39, 0.29) is 0 Å². The summed E-state index contributed by atoms with van der Waals surface area (Å²) in [5.74, 6) is 1.38. The summed E-state index contributed by atoms with van der Waals surface area (Å²) in [5, 5.41) is 2.14. The third-order valence-corrected chi connectivity index (χ3v) is 5.44. The zero-order valence-corrected chi connectivity index (χ0v) is 11.6. The van der Waals surface area contributed by atoms with Crippen LogP contribution in [0.15, 0.2) is 24.3 Å². The topological polar surface area (TPSA) is 17.1 Å². The minimum atomic E-state index is -2.12. The van der Waals surface area contributed by atoms with Crippen molar-refractivity contribution in [1.29, 1.82) is 0 Å². The molecule has 0 bridgehead atoms. The van der Waals surface area contributed by atoms with Gasteiger partial charge in [-0.25, -0.2) is 0 Å². The maximum absolute atomic E-state index is 12.2. The van der Waals surface area contributed by atoms with Gasteiger partial charge in [0.1, 0.15) is 7.14 Å². The number of hydrogen-bond acceptors (Lipinski definition) is 1. The Balaban J connectivity index is 2.36. The molecule has 1 fully saturated rings. The molecule has 0 aliphatic heterocycles. The molecule has 15 heavy (non-hydrogen) atoms. The highest BCUT2D eigenvalue weighted by molar-refractivity contribution is 9.09. The standard InChI is InChI=1S/C12H16BrOP/c1-15(2,14)12-6-4-3-5-10(12)11-7-9(11)8-13/h3-6,9,11H,7-8H2,1-2H3. The molecule has 1 aromatic rings. The van der Waals surface area contributed by atoms with Crippen LogP contribution in [0.4, 0.5) is 0 Å². The zero-order valence-electron chi connectivity index (χ0n) is 9.11. The second kappa shape index (κ2) is 4.07. The molecule has 2 unspecified atom stereocenters. The van der Waals surface area contributed by atoms with E-state index in [1.54, 1.807) is 0 Å². The average Bonchev–Trinajstić information content (AvgIpc) is 2.95. The van der Waals surface area contributed by atoms with E-state index in [0.717, 1.165) is 16.6 Å². The van der Waals surface area contributed by atoms with Crippen molar-refractivity contribution >= 4 is 28.4 Å². The van der Waals surface area contributed by atoms with Gasteiger partial charge in [0.15, 0.2) is 0 Å². The molecule has 82 valence electrons. The van der Waals surface area contributed by atoms with Crippen LogP contribution in [-0.4, -0.2) is 18.7 Å². The third kappa shape index (κ3) is 2.37. The highest BCUT2D eigenvalue weighted by Crippen LogP contribution is 2.50. The first kappa shape index (κ1) is 11.4. The quantitative estimate of drug-likeness (QED) is 0.615.